The van der Waals surface area contributed by atoms with Crippen LogP contribution in [0.5, 0.6) is 11.5 Å². The summed E-state index contributed by atoms with van der Waals surface area (Å²) in [5.41, 5.74) is 0. The van der Waals surface area contributed by atoms with Crippen molar-refractivity contribution >= 4 is 88.3 Å². The highest BCUT2D eigenvalue weighted by atomic mass is 127. The lowest BCUT2D eigenvalue weighted by molar-refractivity contribution is 0.487. The lowest BCUT2D eigenvalue weighted by atomic mass is 9.96. The number of fused-ring (bicyclic) bond motifs is 4. The van der Waals surface area contributed by atoms with E-state index in [-0.39, 0.29) is 11.5 Å². The average molecular weight is 562 g/mol. The van der Waals surface area contributed by atoms with Gasteiger partial charge in [-0.2, -0.15) is 0 Å². The Morgan fingerprint density at radius 3 is 1.31 bits per heavy atom. The molecule has 0 fully saturated rings. The third-order valence-corrected chi connectivity index (χ3v) is 6.24. The van der Waals surface area contributed by atoms with Crippen LogP contribution >= 0.6 is 45.2 Å². The second kappa shape index (κ2) is 5.85. The molecular weight excluding hydrogens is 550 g/mol. The number of phenolic OH excluding ortho intramolecular Hbond substituents is 2. The van der Waals surface area contributed by atoms with E-state index in [9.17, 15) is 10.2 Å². The standard InChI is InChI=1S/C22H12I2O2/c23-15-3-1-11-5-13-7-14-6-12-2-4-16(24)9-18(12)22(26)20(14)10-19(13)21(25)17(11)8-15/h1-10,25-26H. The van der Waals surface area contributed by atoms with Crippen LogP contribution in [0.25, 0.3) is 43.1 Å². The van der Waals surface area contributed by atoms with Crippen molar-refractivity contribution in [1.82, 2.24) is 0 Å². The molecule has 4 heteroatoms. The van der Waals surface area contributed by atoms with E-state index < -0.39 is 0 Å². The lowest BCUT2D eigenvalue weighted by Gasteiger charge is -2.11. The number of hydrogen-bond acceptors (Lipinski definition) is 2. The molecule has 0 saturated heterocycles. The molecule has 5 rings (SSSR count). The molecule has 0 aliphatic heterocycles. The highest BCUT2D eigenvalue weighted by Crippen LogP contribution is 2.41. The van der Waals surface area contributed by atoms with Crippen molar-refractivity contribution in [3.63, 3.8) is 0 Å². The smallest absolute Gasteiger partial charge is 0.131 e. The van der Waals surface area contributed by atoms with E-state index in [1.54, 1.807) is 0 Å². The number of halogens is 2. The van der Waals surface area contributed by atoms with Crippen molar-refractivity contribution < 1.29 is 10.2 Å². The molecule has 0 atom stereocenters. The van der Waals surface area contributed by atoms with E-state index in [2.05, 4.69) is 57.3 Å². The third kappa shape index (κ3) is 2.42. The predicted molar refractivity (Wildman–Crippen MR) is 125 cm³/mol. The molecule has 5 aromatic rings. The van der Waals surface area contributed by atoms with Crippen molar-refractivity contribution in [2.75, 3.05) is 0 Å². The van der Waals surface area contributed by atoms with Crippen LogP contribution in [0, 0.1) is 7.14 Å². The number of rotatable bonds is 0. The molecule has 126 valence electrons. The van der Waals surface area contributed by atoms with E-state index in [0.29, 0.717) is 0 Å². The zero-order chi connectivity index (χ0) is 18.0. The van der Waals surface area contributed by atoms with Gasteiger partial charge in [-0.05, 0) is 115 Å². The predicted octanol–water partition coefficient (Wildman–Crippen LogP) is 6.92. The molecule has 0 aromatic heterocycles. The summed E-state index contributed by atoms with van der Waals surface area (Å²) in [5.74, 6) is 0.528. The van der Waals surface area contributed by atoms with Gasteiger partial charge in [0.05, 0.1) is 0 Å². The summed E-state index contributed by atoms with van der Waals surface area (Å²) >= 11 is 4.50. The topological polar surface area (TPSA) is 40.5 Å². The quantitative estimate of drug-likeness (QED) is 0.159. The van der Waals surface area contributed by atoms with Crippen LogP contribution in [0.15, 0.2) is 60.7 Å². The molecule has 0 spiro atoms. The Hall–Kier alpha value is -1.80. The molecule has 0 radical (unpaired) electrons. The van der Waals surface area contributed by atoms with Gasteiger partial charge in [-0.25, -0.2) is 0 Å². The number of aromatic hydroxyl groups is 2. The van der Waals surface area contributed by atoms with Crippen molar-refractivity contribution in [2.45, 2.75) is 0 Å². The SMILES string of the molecule is Oc1c2cc(I)ccc2cc2cc3cc4ccc(I)cc4c(O)c3cc12. The lowest BCUT2D eigenvalue weighted by Crippen LogP contribution is -1.84. The van der Waals surface area contributed by atoms with E-state index in [4.69, 9.17) is 0 Å². The zero-order valence-electron chi connectivity index (χ0n) is 13.4. The van der Waals surface area contributed by atoms with Gasteiger partial charge in [-0.1, -0.05) is 12.1 Å². The summed E-state index contributed by atoms with van der Waals surface area (Å²) in [7, 11) is 0. The highest BCUT2D eigenvalue weighted by Gasteiger charge is 2.12. The molecule has 0 aliphatic carbocycles. The van der Waals surface area contributed by atoms with Crippen LogP contribution < -0.4 is 0 Å². The van der Waals surface area contributed by atoms with Crippen LogP contribution in [0.4, 0.5) is 0 Å². The van der Waals surface area contributed by atoms with Gasteiger partial charge in [-0.15, -0.1) is 0 Å². The Labute approximate surface area is 176 Å². The second-order valence-corrected chi connectivity index (χ2v) is 8.97. The first-order valence-electron chi connectivity index (χ1n) is 8.11. The van der Waals surface area contributed by atoms with Crippen LogP contribution in [0.3, 0.4) is 0 Å². The normalized spacial score (nSPS) is 11.8. The molecule has 2 N–H and O–H groups in total. The minimum Gasteiger partial charge on any atom is -0.507 e. The van der Waals surface area contributed by atoms with Crippen LogP contribution in [0.1, 0.15) is 0 Å². The minimum atomic E-state index is 0.264. The maximum Gasteiger partial charge on any atom is 0.131 e. The molecule has 26 heavy (non-hydrogen) atoms. The first-order valence-corrected chi connectivity index (χ1v) is 10.3. The van der Waals surface area contributed by atoms with Crippen molar-refractivity contribution in [2.24, 2.45) is 0 Å². The van der Waals surface area contributed by atoms with Gasteiger partial charge < -0.3 is 10.2 Å². The monoisotopic (exact) mass is 562 g/mol. The van der Waals surface area contributed by atoms with Crippen LogP contribution in [-0.4, -0.2) is 10.2 Å². The van der Waals surface area contributed by atoms with Gasteiger partial charge in [0.15, 0.2) is 0 Å². The fourth-order valence-electron chi connectivity index (χ4n) is 3.63. The Kier molecular flexibility index (Phi) is 3.69. The summed E-state index contributed by atoms with van der Waals surface area (Å²) in [5, 5.41) is 28.8. The third-order valence-electron chi connectivity index (χ3n) is 4.89. The molecule has 0 unspecified atom stereocenters. The maximum atomic E-state index is 10.9. The Morgan fingerprint density at radius 2 is 0.846 bits per heavy atom. The minimum absolute atomic E-state index is 0.264. The Morgan fingerprint density at radius 1 is 0.462 bits per heavy atom. The Bertz CT molecular complexity index is 1270. The first-order chi connectivity index (χ1) is 12.5. The molecule has 5 aromatic carbocycles. The average Bonchev–Trinajstić information content (AvgIpc) is 2.62. The molecular formula is C22H12I2O2. The van der Waals surface area contributed by atoms with E-state index >= 15 is 0 Å². The molecule has 0 aliphatic rings. The van der Waals surface area contributed by atoms with Crippen molar-refractivity contribution in [3.8, 4) is 11.5 Å². The second-order valence-electron chi connectivity index (χ2n) is 6.48. The highest BCUT2D eigenvalue weighted by molar-refractivity contribution is 14.1. The molecule has 0 saturated carbocycles. The van der Waals surface area contributed by atoms with Crippen molar-refractivity contribution in [3.05, 3.63) is 67.8 Å². The van der Waals surface area contributed by atoms with Gasteiger partial charge in [0.2, 0.25) is 0 Å². The fourth-order valence-corrected chi connectivity index (χ4v) is 4.61. The van der Waals surface area contributed by atoms with Gasteiger partial charge in [0.25, 0.3) is 0 Å². The molecule has 0 heterocycles. The summed E-state index contributed by atoms with van der Waals surface area (Å²) in [6.07, 6.45) is 0. The van der Waals surface area contributed by atoms with E-state index in [1.165, 1.54) is 0 Å². The van der Waals surface area contributed by atoms with Gasteiger partial charge in [-0.3, -0.25) is 0 Å². The molecule has 0 amide bonds. The van der Waals surface area contributed by atoms with E-state index in [0.717, 1.165) is 50.2 Å². The van der Waals surface area contributed by atoms with Crippen LogP contribution in [0.2, 0.25) is 0 Å². The number of benzene rings is 5. The van der Waals surface area contributed by atoms with E-state index in [1.807, 2.05) is 48.5 Å². The largest absolute Gasteiger partial charge is 0.507 e. The summed E-state index contributed by atoms with van der Waals surface area (Å²) in [4.78, 5) is 0. The number of hydrogen-bond donors (Lipinski definition) is 2. The molecule has 2 nitrogen and oxygen atoms in total. The van der Waals surface area contributed by atoms with Crippen LogP contribution in [-0.2, 0) is 0 Å². The first kappa shape index (κ1) is 16.4. The summed E-state index contributed by atoms with van der Waals surface area (Å²) in [6, 6.07) is 20.2. The van der Waals surface area contributed by atoms with Gasteiger partial charge in [0.1, 0.15) is 11.5 Å². The zero-order valence-corrected chi connectivity index (χ0v) is 17.7. The van der Waals surface area contributed by atoms with Crippen molar-refractivity contribution in [1.29, 1.82) is 0 Å². The Balaban J connectivity index is 1.97. The number of phenols is 2. The fraction of sp³-hybridized carbons (Fsp3) is 0. The summed E-state index contributed by atoms with van der Waals surface area (Å²) < 4.78 is 2.16. The maximum absolute atomic E-state index is 10.9. The summed E-state index contributed by atoms with van der Waals surface area (Å²) in [6.45, 7) is 0. The van der Waals surface area contributed by atoms with Gasteiger partial charge in [0, 0.05) is 28.7 Å². The molecule has 0 bridgehead atoms. The van der Waals surface area contributed by atoms with Gasteiger partial charge >= 0.3 is 0 Å².